The van der Waals surface area contributed by atoms with Gasteiger partial charge in [-0.2, -0.15) is 0 Å². The number of thiophene rings is 1. The van der Waals surface area contributed by atoms with Gasteiger partial charge in [0.25, 0.3) is 5.91 Å². The summed E-state index contributed by atoms with van der Waals surface area (Å²) >= 11 is 1.79. The summed E-state index contributed by atoms with van der Waals surface area (Å²) in [5.41, 5.74) is 0.854. The normalized spacial score (nSPS) is 15.1. The van der Waals surface area contributed by atoms with Crippen molar-refractivity contribution in [1.82, 2.24) is 15.5 Å². The smallest absolute Gasteiger partial charge is 0.287 e. The number of carbonyl (C=O) groups is 1. The molecule has 0 unspecified atom stereocenters. The molecule has 27 heavy (non-hydrogen) atoms. The number of aliphatic imine (C=N–C) groups is 1. The number of guanidine groups is 1. The van der Waals surface area contributed by atoms with Gasteiger partial charge in [-0.1, -0.05) is 0 Å². The van der Waals surface area contributed by atoms with Gasteiger partial charge < -0.3 is 24.9 Å². The number of aryl methyl sites for hydroxylation is 1. The van der Waals surface area contributed by atoms with Gasteiger partial charge in [0.15, 0.2) is 11.7 Å². The highest BCUT2D eigenvalue weighted by atomic mass is 32.1. The molecule has 0 radical (unpaired) electrons. The number of piperazine rings is 1. The van der Waals surface area contributed by atoms with Crippen LogP contribution in [0.3, 0.4) is 0 Å². The standard InChI is InChI=1S/C19H27N5O2S/c1-15-6-13-26-17(15)18(25)21-7-4-8-22-19(20-2)24-11-9-23(10-12-24)16-5-3-14-27-16/h3,5-6,13-14H,4,7-12H2,1-2H3,(H,20,22)(H,21,25). The number of carbonyl (C=O) groups excluding carboxylic acids is 1. The van der Waals surface area contributed by atoms with E-state index in [2.05, 4.69) is 42.9 Å². The monoisotopic (exact) mass is 389 g/mol. The Balaban J connectivity index is 1.35. The predicted molar refractivity (Wildman–Crippen MR) is 110 cm³/mol. The van der Waals surface area contributed by atoms with Crippen molar-refractivity contribution in [3.05, 3.63) is 41.2 Å². The van der Waals surface area contributed by atoms with Crippen LogP contribution >= 0.6 is 11.3 Å². The summed E-state index contributed by atoms with van der Waals surface area (Å²) in [5.74, 6) is 1.16. The summed E-state index contributed by atoms with van der Waals surface area (Å²) in [7, 11) is 1.81. The summed E-state index contributed by atoms with van der Waals surface area (Å²) in [6, 6.07) is 6.06. The minimum Gasteiger partial charge on any atom is -0.459 e. The second-order valence-electron chi connectivity index (χ2n) is 6.44. The van der Waals surface area contributed by atoms with Crippen LogP contribution in [0, 0.1) is 6.92 Å². The van der Waals surface area contributed by atoms with Gasteiger partial charge in [-0.15, -0.1) is 11.3 Å². The molecule has 3 heterocycles. The highest BCUT2D eigenvalue weighted by molar-refractivity contribution is 7.14. The summed E-state index contributed by atoms with van der Waals surface area (Å²) in [5, 5.41) is 9.73. The molecule has 0 aliphatic carbocycles. The lowest BCUT2D eigenvalue weighted by Crippen LogP contribution is -2.52. The molecule has 2 aromatic heterocycles. The van der Waals surface area contributed by atoms with E-state index >= 15 is 0 Å². The van der Waals surface area contributed by atoms with Gasteiger partial charge in [-0.3, -0.25) is 9.79 Å². The van der Waals surface area contributed by atoms with Crippen molar-refractivity contribution in [2.24, 2.45) is 4.99 Å². The fraction of sp³-hybridized carbons (Fsp3) is 0.474. The van der Waals surface area contributed by atoms with Crippen LogP contribution in [0.2, 0.25) is 0 Å². The third-order valence-corrected chi connectivity index (χ3v) is 5.53. The molecular weight excluding hydrogens is 362 g/mol. The van der Waals surface area contributed by atoms with Crippen LogP contribution in [-0.4, -0.2) is 63.1 Å². The lowest BCUT2D eigenvalue weighted by Gasteiger charge is -2.37. The van der Waals surface area contributed by atoms with Crippen LogP contribution in [0.1, 0.15) is 22.5 Å². The number of anilines is 1. The van der Waals surface area contributed by atoms with Crippen LogP contribution in [0.25, 0.3) is 0 Å². The molecule has 0 bridgehead atoms. The molecule has 3 rings (SSSR count). The molecule has 1 aliphatic rings. The van der Waals surface area contributed by atoms with Crippen molar-refractivity contribution >= 4 is 28.2 Å². The van der Waals surface area contributed by atoms with E-state index in [1.807, 2.05) is 14.0 Å². The van der Waals surface area contributed by atoms with Gasteiger partial charge in [0, 0.05) is 51.9 Å². The van der Waals surface area contributed by atoms with E-state index in [-0.39, 0.29) is 5.91 Å². The maximum absolute atomic E-state index is 12.0. The Morgan fingerprint density at radius 3 is 2.63 bits per heavy atom. The minimum atomic E-state index is -0.161. The van der Waals surface area contributed by atoms with Gasteiger partial charge >= 0.3 is 0 Å². The number of rotatable bonds is 6. The summed E-state index contributed by atoms with van der Waals surface area (Å²) < 4.78 is 5.20. The Hall–Kier alpha value is -2.48. The van der Waals surface area contributed by atoms with Gasteiger partial charge in [-0.05, 0) is 36.9 Å². The maximum Gasteiger partial charge on any atom is 0.287 e. The SMILES string of the molecule is CN=C(NCCCNC(=O)c1occc1C)N1CCN(c2cccs2)CC1. The first-order valence-electron chi connectivity index (χ1n) is 9.25. The zero-order valence-corrected chi connectivity index (χ0v) is 16.7. The number of hydrogen-bond donors (Lipinski definition) is 2. The van der Waals surface area contributed by atoms with E-state index in [0.29, 0.717) is 12.3 Å². The Morgan fingerprint density at radius 2 is 2.00 bits per heavy atom. The second kappa shape index (κ2) is 9.45. The summed E-state index contributed by atoms with van der Waals surface area (Å²) in [6.07, 6.45) is 2.35. The first-order valence-corrected chi connectivity index (χ1v) is 10.1. The van der Waals surface area contributed by atoms with E-state index < -0.39 is 0 Å². The van der Waals surface area contributed by atoms with E-state index in [4.69, 9.17) is 4.42 Å². The minimum absolute atomic E-state index is 0.161. The van der Waals surface area contributed by atoms with Crippen LogP contribution in [0.4, 0.5) is 5.00 Å². The van der Waals surface area contributed by atoms with Gasteiger partial charge in [0.1, 0.15) is 0 Å². The van der Waals surface area contributed by atoms with Crippen molar-refractivity contribution in [3.63, 3.8) is 0 Å². The third kappa shape index (κ3) is 5.03. The quantitative estimate of drug-likeness (QED) is 0.450. The number of nitrogens with zero attached hydrogens (tertiary/aromatic N) is 3. The van der Waals surface area contributed by atoms with Crippen molar-refractivity contribution < 1.29 is 9.21 Å². The fourth-order valence-electron chi connectivity index (χ4n) is 3.10. The number of nitrogens with one attached hydrogen (secondary N) is 2. The van der Waals surface area contributed by atoms with Crippen molar-refractivity contribution in [3.8, 4) is 0 Å². The Kier molecular flexibility index (Phi) is 6.75. The Bertz CT molecular complexity index is 748. The van der Waals surface area contributed by atoms with Gasteiger partial charge in [0.2, 0.25) is 0 Å². The van der Waals surface area contributed by atoms with Crippen molar-refractivity contribution in [1.29, 1.82) is 0 Å². The van der Waals surface area contributed by atoms with Gasteiger partial charge in [-0.25, -0.2) is 0 Å². The van der Waals surface area contributed by atoms with Crippen molar-refractivity contribution in [2.75, 3.05) is 51.2 Å². The third-order valence-electron chi connectivity index (χ3n) is 4.60. The van der Waals surface area contributed by atoms with Crippen LogP contribution in [0.5, 0.6) is 0 Å². The van der Waals surface area contributed by atoms with E-state index in [1.54, 1.807) is 17.4 Å². The number of hydrogen-bond acceptors (Lipinski definition) is 5. The van der Waals surface area contributed by atoms with Gasteiger partial charge in [0.05, 0.1) is 11.3 Å². The lowest BCUT2D eigenvalue weighted by molar-refractivity contribution is 0.0925. The molecule has 1 amide bonds. The zero-order valence-electron chi connectivity index (χ0n) is 15.9. The highest BCUT2D eigenvalue weighted by Gasteiger charge is 2.20. The molecule has 8 heteroatoms. The van der Waals surface area contributed by atoms with Crippen LogP contribution in [-0.2, 0) is 0 Å². The molecule has 1 saturated heterocycles. The fourth-order valence-corrected chi connectivity index (χ4v) is 3.88. The topological polar surface area (TPSA) is 73.1 Å². The Morgan fingerprint density at radius 1 is 1.22 bits per heavy atom. The van der Waals surface area contributed by atoms with E-state index in [0.717, 1.165) is 50.7 Å². The molecule has 0 aromatic carbocycles. The predicted octanol–water partition coefficient (Wildman–Crippen LogP) is 2.17. The largest absolute Gasteiger partial charge is 0.459 e. The molecule has 1 fully saturated rings. The van der Waals surface area contributed by atoms with E-state index in [9.17, 15) is 4.79 Å². The summed E-state index contributed by atoms with van der Waals surface area (Å²) in [4.78, 5) is 21.1. The molecular formula is C19H27N5O2S. The van der Waals surface area contributed by atoms with Crippen molar-refractivity contribution in [2.45, 2.75) is 13.3 Å². The maximum atomic E-state index is 12.0. The average molecular weight is 390 g/mol. The molecule has 2 N–H and O–H groups in total. The molecule has 1 aliphatic heterocycles. The highest BCUT2D eigenvalue weighted by Crippen LogP contribution is 2.22. The molecule has 146 valence electrons. The van der Waals surface area contributed by atoms with Crippen LogP contribution in [0.15, 0.2) is 39.3 Å². The Labute approximate surface area is 164 Å². The zero-order chi connectivity index (χ0) is 19.1. The average Bonchev–Trinajstić information content (AvgIpc) is 3.36. The summed E-state index contributed by atoms with van der Waals surface area (Å²) in [6.45, 7) is 7.12. The first-order chi connectivity index (χ1) is 13.2. The molecule has 0 atom stereocenters. The molecule has 2 aromatic rings. The number of furan rings is 1. The number of amides is 1. The second-order valence-corrected chi connectivity index (χ2v) is 7.37. The molecule has 0 spiro atoms. The van der Waals surface area contributed by atoms with Crippen LogP contribution < -0.4 is 15.5 Å². The lowest BCUT2D eigenvalue weighted by atomic mass is 10.2. The first kappa shape index (κ1) is 19.3. The molecule has 7 nitrogen and oxygen atoms in total. The molecule has 0 saturated carbocycles. The van der Waals surface area contributed by atoms with E-state index in [1.165, 1.54) is 11.3 Å².